The summed E-state index contributed by atoms with van der Waals surface area (Å²) >= 11 is 2.60. The average Bonchev–Trinajstić information content (AvgIpc) is 3.38. The van der Waals surface area contributed by atoms with E-state index in [1.165, 1.54) is 35.2 Å². The molecule has 168 valence electrons. The third-order valence-corrected chi connectivity index (χ3v) is 8.71. The summed E-state index contributed by atoms with van der Waals surface area (Å²) in [6.45, 7) is 0.483. The molecule has 3 aromatic rings. The molecule has 2 heterocycles. The number of aromatic nitrogens is 2. The summed E-state index contributed by atoms with van der Waals surface area (Å²) in [5.41, 5.74) is 1.61. The van der Waals surface area contributed by atoms with E-state index in [0.717, 1.165) is 5.56 Å². The molecule has 2 aromatic carbocycles. The van der Waals surface area contributed by atoms with Gasteiger partial charge >= 0.3 is 0 Å². The van der Waals surface area contributed by atoms with E-state index < -0.39 is 9.84 Å². The van der Waals surface area contributed by atoms with Crippen molar-refractivity contribution in [1.29, 1.82) is 0 Å². The second-order valence-electron chi connectivity index (χ2n) is 7.30. The lowest BCUT2D eigenvalue weighted by molar-refractivity contribution is -0.116. The minimum absolute atomic E-state index is 0.0193. The van der Waals surface area contributed by atoms with Gasteiger partial charge in [0.05, 0.1) is 23.3 Å². The van der Waals surface area contributed by atoms with Crippen molar-refractivity contribution < 1.29 is 17.6 Å². The molecular formula is C21H21FN4O3S3. The molecule has 1 atom stereocenters. The van der Waals surface area contributed by atoms with E-state index in [2.05, 4.69) is 15.5 Å². The summed E-state index contributed by atoms with van der Waals surface area (Å²) in [5, 5.41) is 11.9. The zero-order valence-corrected chi connectivity index (χ0v) is 19.4. The van der Waals surface area contributed by atoms with E-state index in [9.17, 15) is 17.6 Å². The Morgan fingerprint density at radius 3 is 2.59 bits per heavy atom. The van der Waals surface area contributed by atoms with Crippen LogP contribution >= 0.6 is 23.1 Å². The van der Waals surface area contributed by atoms with Gasteiger partial charge in [0.25, 0.3) is 0 Å². The van der Waals surface area contributed by atoms with Gasteiger partial charge in [0.2, 0.25) is 11.0 Å². The summed E-state index contributed by atoms with van der Waals surface area (Å²) in [4.78, 5) is 14.7. The number of anilines is 2. The number of amides is 1. The van der Waals surface area contributed by atoms with Crippen LogP contribution in [-0.2, 0) is 21.2 Å². The number of carbonyl (C=O) groups is 1. The van der Waals surface area contributed by atoms with E-state index in [-0.39, 0.29) is 35.0 Å². The van der Waals surface area contributed by atoms with Gasteiger partial charge in [-0.05, 0) is 36.2 Å². The number of hydrogen-bond donors (Lipinski definition) is 1. The van der Waals surface area contributed by atoms with Crippen molar-refractivity contribution in [3.05, 3.63) is 66.0 Å². The summed E-state index contributed by atoms with van der Waals surface area (Å²) in [6, 6.07) is 15.0. The van der Waals surface area contributed by atoms with Crippen LogP contribution in [0.25, 0.3) is 0 Å². The Morgan fingerprint density at radius 2 is 1.91 bits per heavy atom. The molecular weight excluding hydrogens is 471 g/mol. The molecule has 7 nitrogen and oxygen atoms in total. The summed E-state index contributed by atoms with van der Waals surface area (Å²) in [6.07, 6.45) is 0.434. The number of rotatable bonds is 8. The molecule has 0 radical (unpaired) electrons. The van der Waals surface area contributed by atoms with Crippen LogP contribution in [-0.4, -0.2) is 47.8 Å². The monoisotopic (exact) mass is 492 g/mol. The molecule has 1 aliphatic heterocycles. The van der Waals surface area contributed by atoms with E-state index >= 15 is 0 Å². The minimum Gasteiger partial charge on any atom is -0.356 e. The van der Waals surface area contributed by atoms with Crippen molar-refractivity contribution in [2.24, 2.45) is 0 Å². The van der Waals surface area contributed by atoms with Crippen molar-refractivity contribution in [3.8, 4) is 0 Å². The van der Waals surface area contributed by atoms with E-state index in [1.807, 2.05) is 30.3 Å². The normalized spacial score (nSPS) is 17.2. The predicted octanol–water partition coefficient (Wildman–Crippen LogP) is 3.60. The van der Waals surface area contributed by atoms with Crippen LogP contribution in [0.15, 0.2) is 58.9 Å². The average molecular weight is 493 g/mol. The van der Waals surface area contributed by atoms with Gasteiger partial charge in [-0.25, -0.2) is 12.8 Å². The van der Waals surface area contributed by atoms with Crippen LogP contribution in [0, 0.1) is 5.82 Å². The van der Waals surface area contributed by atoms with Crippen molar-refractivity contribution in [2.45, 2.75) is 23.3 Å². The number of nitrogens with one attached hydrogen (secondary N) is 1. The zero-order valence-electron chi connectivity index (χ0n) is 17.0. The second-order valence-corrected chi connectivity index (χ2v) is 11.7. The van der Waals surface area contributed by atoms with E-state index in [1.54, 1.807) is 17.0 Å². The van der Waals surface area contributed by atoms with Crippen molar-refractivity contribution >= 4 is 49.7 Å². The number of nitrogens with zero attached hydrogens (tertiary/aromatic N) is 3. The maximum absolute atomic E-state index is 13.1. The number of hydrogen-bond acceptors (Lipinski definition) is 8. The SMILES string of the molecule is O=C(CSc1nnc(NCc2ccc(F)cc2)s1)N(c1ccccc1)[C@H]1CCS(=O)(=O)C1. The Bertz CT molecular complexity index is 1170. The first-order chi connectivity index (χ1) is 15.4. The van der Waals surface area contributed by atoms with E-state index in [4.69, 9.17) is 0 Å². The Morgan fingerprint density at radius 1 is 1.16 bits per heavy atom. The summed E-state index contributed by atoms with van der Waals surface area (Å²) in [7, 11) is -3.13. The second kappa shape index (κ2) is 9.97. The molecule has 1 saturated heterocycles. The van der Waals surface area contributed by atoms with Gasteiger partial charge in [-0.2, -0.15) is 0 Å². The number of thioether (sulfide) groups is 1. The number of halogens is 1. The maximum Gasteiger partial charge on any atom is 0.237 e. The van der Waals surface area contributed by atoms with Gasteiger partial charge in [-0.3, -0.25) is 4.79 Å². The first-order valence-corrected chi connectivity index (χ1v) is 13.5. The maximum atomic E-state index is 13.1. The van der Waals surface area contributed by atoms with Crippen LogP contribution in [0.5, 0.6) is 0 Å². The smallest absolute Gasteiger partial charge is 0.237 e. The van der Waals surface area contributed by atoms with Crippen LogP contribution < -0.4 is 10.2 Å². The van der Waals surface area contributed by atoms with Crippen LogP contribution in [0.1, 0.15) is 12.0 Å². The number of carbonyl (C=O) groups excluding carboxylic acids is 1. The first-order valence-electron chi connectivity index (χ1n) is 9.92. The van der Waals surface area contributed by atoms with Gasteiger partial charge in [-0.1, -0.05) is 53.4 Å². The molecule has 1 aliphatic rings. The van der Waals surface area contributed by atoms with Gasteiger partial charge in [0.1, 0.15) is 5.82 Å². The number of benzene rings is 2. The fraction of sp³-hybridized carbons (Fsp3) is 0.286. The van der Waals surface area contributed by atoms with E-state index in [0.29, 0.717) is 28.1 Å². The fourth-order valence-corrected chi connectivity index (χ4v) is 6.75. The predicted molar refractivity (Wildman–Crippen MR) is 125 cm³/mol. The van der Waals surface area contributed by atoms with Gasteiger partial charge in [-0.15, -0.1) is 10.2 Å². The highest BCUT2D eigenvalue weighted by Crippen LogP contribution is 2.29. The lowest BCUT2D eigenvalue weighted by Crippen LogP contribution is -2.42. The number of para-hydroxylation sites is 1. The third kappa shape index (κ3) is 5.84. The molecule has 0 aliphatic carbocycles. The highest BCUT2D eigenvalue weighted by Gasteiger charge is 2.35. The lowest BCUT2D eigenvalue weighted by atomic mass is 10.2. The number of sulfone groups is 1. The van der Waals surface area contributed by atoms with Crippen molar-refractivity contribution in [2.75, 3.05) is 27.5 Å². The minimum atomic E-state index is -3.13. The quantitative estimate of drug-likeness (QED) is 0.480. The van der Waals surface area contributed by atoms with Crippen LogP contribution in [0.3, 0.4) is 0 Å². The van der Waals surface area contributed by atoms with Crippen molar-refractivity contribution in [1.82, 2.24) is 10.2 Å². The molecule has 32 heavy (non-hydrogen) atoms. The molecule has 0 unspecified atom stereocenters. The molecule has 11 heteroatoms. The lowest BCUT2D eigenvalue weighted by Gasteiger charge is -2.28. The van der Waals surface area contributed by atoms with Crippen LogP contribution in [0.4, 0.5) is 15.2 Å². The van der Waals surface area contributed by atoms with Crippen LogP contribution in [0.2, 0.25) is 0 Å². The molecule has 0 spiro atoms. The Balaban J connectivity index is 1.37. The fourth-order valence-electron chi connectivity index (χ4n) is 3.44. The Hall–Kier alpha value is -2.50. The molecule has 1 aromatic heterocycles. The zero-order chi connectivity index (χ0) is 22.6. The van der Waals surface area contributed by atoms with Gasteiger partial charge < -0.3 is 10.2 Å². The van der Waals surface area contributed by atoms with Gasteiger partial charge in [0, 0.05) is 12.2 Å². The Kier molecular flexibility index (Phi) is 7.07. The molecule has 1 amide bonds. The highest BCUT2D eigenvalue weighted by atomic mass is 32.2. The third-order valence-electron chi connectivity index (χ3n) is 4.96. The first kappa shape index (κ1) is 22.7. The van der Waals surface area contributed by atoms with Gasteiger partial charge in [0.15, 0.2) is 14.2 Å². The molecule has 1 fully saturated rings. The topological polar surface area (TPSA) is 92.3 Å². The Labute approximate surface area is 194 Å². The largest absolute Gasteiger partial charge is 0.356 e. The standard InChI is InChI=1S/C21H21FN4O3S3/c22-16-8-6-15(7-9-16)12-23-20-24-25-21(31-20)30-13-19(27)26(17-4-2-1-3-5-17)18-10-11-32(28,29)14-18/h1-9,18H,10-14H2,(H,23,24)/t18-/m0/s1. The highest BCUT2D eigenvalue weighted by molar-refractivity contribution is 8.01. The molecule has 1 N–H and O–H groups in total. The van der Waals surface area contributed by atoms with Crippen molar-refractivity contribution in [3.63, 3.8) is 0 Å². The summed E-state index contributed by atoms with van der Waals surface area (Å²) < 4.78 is 37.6. The molecule has 0 bridgehead atoms. The summed E-state index contributed by atoms with van der Waals surface area (Å²) in [5.74, 6) is -0.250. The molecule has 4 rings (SSSR count). The molecule has 0 saturated carbocycles.